The average molecular weight is 312 g/mol. The molecule has 1 heterocycles. The molecule has 0 fully saturated rings. The minimum Gasteiger partial charge on any atom is -0.493 e. The van der Waals surface area contributed by atoms with Crippen LogP contribution in [0.25, 0.3) is 0 Å². The highest BCUT2D eigenvalue weighted by Crippen LogP contribution is 2.36. The summed E-state index contributed by atoms with van der Waals surface area (Å²) in [6, 6.07) is 14.8. The normalized spacial score (nSPS) is 15.0. The Bertz CT molecular complexity index is 672. The van der Waals surface area contributed by atoms with Gasteiger partial charge in [0, 0.05) is 18.8 Å². The van der Waals surface area contributed by atoms with Crippen molar-refractivity contribution in [3.8, 4) is 11.5 Å². The number of para-hydroxylation sites is 1. The molecule has 0 bridgehead atoms. The van der Waals surface area contributed by atoms with Crippen LogP contribution in [0.2, 0.25) is 0 Å². The van der Waals surface area contributed by atoms with Crippen LogP contribution in [0.15, 0.2) is 42.5 Å². The quantitative estimate of drug-likeness (QED) is 0.921. The maximum atomic E-state index is 6.14. The molecule has 4 heteroatoms. The number of methoxy groups -OCH3 is 2. The van der Waals surface area contributed by atoms with E-state index in [0.717, 1.165) is 36.4 Å². The van der Waals surface area contributed by atoms with Crippen molar-refractivity contribution in [2.45, 2.75) is 18.9 Å². The summed E-state index contributed by atoms with van der Waals surface area (Å²) in [5.41, 5.74) is 9.99. The van der Waals surface area contributed by atoms with Crippen LogP contribution in [0.5, 0.6) is 11.5 Å². The van der Waals surface area contributed by atoms with Crippen molar-refractivity contribution in [2.24, 2.45) is 5.73 Å². The average Bonchev–Trinajstić information content (AvgIpc) is 2.62. The van der Waals surface area contributed by atoms with E-state index in [2.05, 4.69) is 35.2 Å². The highest BCUT2D eigenvalue weighted by molar-refractivity contribution is 5.58. The first kappa shape index (κ1) is 15.7. The van der Waals surface area contributed by atoms with E-state index >= 15 is 0 Å². The number of fused-ring (bicyclic) bond motifs is 1. The number of hydrogen-bond acceptors (Lipinski definition) is 4. The van der Waals surface area contributed by atoms with Gasteiger partial charge in [-0.2, -0.15) is 0 Å². The molecule has 4 nitrogen and oxygen atoms in total. The fourth-order valence-corrected chi connectivity index (χ4v) is 3.39. The molecule has 0 saturated carbocycles. The minimum atomic E-state index is 0.135. The number of benzene rings is 2. The predicted molar refractivity (Wildman–Crippen MR) is 93.5 cm³/mol. The van der Waals surface area contributed by atoms with E-state index in [1.807, 2.05) is 12.1 Å². The molecule has 0 aliphatic carbocycles. The number of aryl methyl sites for hydroxylation is 1. The van der Waals surface area contributed by atoms with E-state index in [4.69, 9.17) is 15.2 Å². The van der Waals surface area contributed by atoms with Crippen molar-refractivity contribution >= 4 is 5.69 Å². The fraction of sp³-hybridized carbons (Fsp3) is 0.368. The minimum absolute atomic E-state index is 0.135. The molecule has 0 aromatic heterocycles. The summed E-state index contributed by atoms with van der Waals surface area (Å²) in [7, 11) is 3.31. The lowest BCUT2D eigenvalue weighted by Crippen LogP contribution is -2.37. The van der Waals surface area contributed by atoms with E-state index < -0.39 is 0 Å². The maximum absolute atomic E-state index is 6.14. The fourth-order valence-electron chi connectivity index (χ4n) is 3.39. The van der Waals surface area contributed by atoms with Gasteiger partial charge in [-0.15, -0.1) is 0 Å². The SMILES string of the molecule is COc1ccc(C(CN)N2CCCc3ccccc32)cc1OC. The number of rotatable bonds is 5. The van der Waals surface area contributed by atoms with Gasteiger partial charge >= 0.3 is 0 Å². The molecule has 1 aliphatic rings. The molecule has 0 radical (unpaired) electrons. The zero-order valence-electron chi connectivity index (χ0n) is 13.8. The van der Waals surface area contributed by atoms with Crippen molar-refractivity contribution in [1.29, 1.82) is 0 Å². The zero-order valence-corrected chi connectivity index (χ0v) is 13.8. The number of hydrogen-bond donors (Lipinski definition) is 1. The predicted octanol–water partition coefficient (Wildman–Crippen LogP) is 3.16. The Morgan fingerprint density at radius 1 is 1.09 bits per heavy atom. The highest BCUT2D eigenvalue weighted by atomic mass is 16.5. The summed E-state index contributed by atoms with van der Waals surface area (Å²) < 4.78 is 10.8. The van der Waals surface area contributed by atoms with Gasteiger partial charge in [-0.25, -0.2) is 0 Å². The zero-order chi connectivity index (χ0) is 16.2. The molecule has 2 aromatic rings. The number of anilines is 1. The molecule has 23 heavy (non-hydrogen) atoms. The summed E-state index contributed by atoms with van der Waals surface area (Å²) in [4.78, 5) is 2.42. The lowest BCUT2D eigenvalue weighted by atomic mass is 9.97. The Kier molecular flexibility index (Phi) is 4.72. The third-order valence-corrected chi connectivity index (χ3v) is 4.54. The van der Waals surface area contributed by atoms with Crippen LogP contribution in [0, 0.1) is 0 Å². The summed E-state index contributed by atoms with van der Waals surface area (Å²) in [6.07, 6.45) is 2.29. The van der Waals surface area contributed by atoms with Crippen LogP contribution in [0.3, 0.4) is 0 Å². The summed E-state index contributed by atoms with van der Waals surface area (Å²) in [6.45, 7) is 1.58. The van der Waals surface area contributed by atoms with Crippen molar-refractivity contribution in [3.05, 3.63) is 53.6 Å². The van der Waals surface area contributed by atoms with Gasteiger partial charge in [0.1, 0.15) is 0 Å². The van der Waals surface area contributed by atoms with Crippen LogP contribution in [-0.2, 0) is 6.42 Å². The topological polar surface area (TPSA) is 47.7 Å². The van der Waals surface area contributed by atoms with Gasteiger partial charge in [0.25, 0.3) is 0 Å². The Hall–Kier alpha value is -2.20. The molecule has 2 aromatic carbocycles. The number of nitrogens with zero attached hydrogens (tertiary/aromatic N) is 1. The van der Waals surface area contributed by atoms with E-state index in [1.54, 1.807) is 14.2 Å². The Morgan fingerprint density at radius 3 is 2.61 bits per heavy atom. The Morgan fingerprint density at radius 2 is 1.87 bits per heavy atom. The molecule has 0 saturated heterocycles. The monoisotopic (exact) mass is 312 g/mol. The lowest BCUT2D eigenvalue weighted by Gasteiger charge is -2.38. The van der Waals surface area contributed by atoms with E-state index in [0.29, 0.717) is 6.54 Å². The molecule has 1 aliphatic heterocycles. The molecular formula is C19H24N2O2. The van der Waals surface area contributed by atoms with Crippen molar-refractivity contribution in [1.82, 2.24) is 0 Å². The molecule has 0 amide bonds. The standard InChI is InChI=1S/C19H24N2O2/c1-22-18-10-9-15(12-19(18)23-2)17(13-20)21-11-5-7-14-6-3-4-8-16(14)21/h3-4,6,8-10,12,17H,5,7,11,13,20H2,1-2H3. The van der Waals surface area contributed by atoms with Gasteiger partial charge in [0.05, 0.1) is 20.3 Å². The van der Waals surface area contributed by atoms with E-state index in [1.165, 1.54) is 11.3 Å². The molecule has 0 spiro atoms. The van der Waals surface area contributed by atoms with Gasteiger partial charge in [-0.05, 0) is 42.2 Å². The van der Waals surface area contributed by atoms with Crippen LogP contribution < -0.4 is 20.1 Å². The van der Waals surface area contributed by atoms with Gasteiger partial charge in [0.2, 0.25) is 0 Å². The molecule has 2 N–H and O–H groups in total. The van der Waals surface area contributed by atoms with Crippen LogP contribution >= 0.6 is 0 Å². The second-order valence-electron chi connectivity index (χ2n) is 5.79. The van der Waals surface area contributed by atoms with Crippen molar-refractivity contribution in [2.75, 3.05) is 32.2 Å². The van der Waals surface area contributed by atoms with Crippen molar-refractivity contribution in [3.63, 3.8) is 0 Å². The van der Waals surface area contributed by atoms with Gasteiger partial charge in [-0.3, -0.25) is 0 Å². The summed E-state index contributed by atoms with van der Waals surface area (Å²) in [5.74, 6) is 1.49. The Balaban J connectivity index is 1.98. The molecule has 122 valence electrons. The highest BCUT2D eigenvalue weighted by Gasteiger charge is 2.25. The third-order valence-electron chi connectivity index (χ3n) is 4.54. The van der Waals surface area contributed by atoms with Crippen LogP contribution in [0.4, 0.5) is 5.69 Å². The van der Waals surface area contributed by atoms with Gasteiger partial charge < -0.3 is 20.1 Å². The first-order valence-corrected chi connectivity index (χ1v) is 8.05. The first-order chi connectivity index (χ1) is 11.3. The molecule has 3 rings (SSSR count). The molecule has 1 unspecified atom stereocenters. The number of nitrogens with two attached hydrogens (primary N) is 1. The molecule has 1 atom stereocenters. The lowest BCUT2D eigenvalue weighted by molar-refractivity contribution is 0.354. The van der Waals surface area contributed by atoms with Crippen LogP contribution in [-0.4, -0.2) is 27.3 Å². The van der Waals surface area contributed by atoms with Gasteiger partial charge in [0.15, 0.2) is 11.5 Å². The summed E-state index contributed by atoms with van der Waals surface area (Å²) in [5, 5.41) is 0. The second-order valence-corrected chi connectivity index (χ2v) is 5.79. The van der Waals surface area contributed by atoms with Crippen LogP contribution in [0.1, 0.15) is 23.6 Å². The third kappa shape index (κ3) is 2.99. The van der Waals surface area contributed by atoms with Crippen molar-refractivity contribution < 1.29 is 9.47 Å². The van der Waals surface area contributed by atoms with E-state index in [-0.39, 0.29) is 6.04 Å². The Labute approximate surface area is 137 Å². The van der Waals surface area contributed by atoms with E-state index in [9.17, 15) is 0 Å². The maximum Gasteiger partial charge on any atom is 0.161 e. The second kappa shape index (κ2) is 6.92. The summed E-state index contributed by atoms with van der Waals surface area (Å²) >= 11 is 0. The largest absolute Gasteiger partial charge is 0.493 e. The first-order valence-electron chi connectivity index (χ1n) is 8.05. The smallest absolute Gasteiger partial charge is 0.161 e. The number of ether oxygens (including phenoxy) is 2. The van der Waals surface area contributed by atoms with Gasteiger partial charge in [-0.1, -0.05) is 24.3 Å². The molecular weight excluding hydrogens is 288 g/mol.